The van der Waals surface area contributed by atoms with Gasteiger partial charge in [-0.15, -0.1) is 0 Å². The fourth-order valence-corrected chi connectivity index (χ4v) is 2.95. The fourth-order valence-electron chi connectivity index (χ4n) is 2.79. The van der Waals surface area contributed by atoms with Crippen molar-refractivity contribution in [2.75, 3.05) is 19.6 Å². The quantitative estimate of drug-likeness (QED) is 0.548. The van der Waals surface area contributed by atoms with Crippen LogP contribution in [0.5, 0.6) is 0 Å². The summed E-state index contributed by atoms with van der Waals surface area (Å²) in [5, 5.41) is 7.65. The molecule has 6 heteroatoms. The molecule has 1 N–H and O–H groups in total. The average Bonchev–Trinajstić information content (AvgIpc) is 2.92. The van der Waals surface area contributed by atoms with Gasteiger partial charge in [-0.2, -0.15) is 5.10 Å². The molecule has 5 nitrogen and oxygen atoms in total. The topological polar surface area (TPSA) is 50.2 Å². The van der Waals surface area contributed by atoms with Gasteiger partial charge in [-0.05, 0) is 32.9 Å². The molecule has 0 saturated heterocycles. The number of carbonyl (C=O) groups is 1. The minimum atomic E-state index is -0.0238. The molecular weight excluding hydrogens is 324 g/mol. The Balaban J connectivity index is 2.37. The van der Waals surface area contributed by atoms with Gasteiger partial charge in [-0.3, -0.25) is 9.48 Å². The van der Waals surface area contributed by atoms with E-state index in [1.54, 1.807) is 17.1 Å². The van der Waals surface area contributed by atoms with Crippen LogP contribution in [0.1, 0.15) is 59.3 Å². The number of aromatic nitrogens is 2. The minimum absolute atomic E-state index is 0.0238. The highest BCUT2D eigenvalue weighted by molar-refractivity contribution is 6.30. The van der Waals surface area contributed by atoms with Crippen molar-refractivity contribution in [3.8, 4) is 0 Å². The zero-order valence-corrected chi connectivity index (χ0v) is 16.2. The Morgan fingerprint density at radius 1 is 1.25 bits per heavy atom. The Morgan fingerprint density at radius 3 is 2.38 bits per heavy atom. The number of rotatable bonds is 13. The van der Waals surface area contributed by atoms with Crippen molar-refractivity contribution in [3.63, 3.8) is 0 Å². The molecule has 1 aromatic rings. The van der Waals surface area contributed by atoms with Gasteiger partial charge in [0, 0.05) is 18.8 Å². The predicted molar refractivity (Wildman–Crippen MR) is 100 cm³/mol. The largest absolute Gasteiger partial charge is 0.351 e. The molecule has 0 aliphatic carbocycles. The zero-order valence-electron chi connectivity index (χ0n) is 15.4. The highest BCUT2D eigenvalue weighted by Gasteiger charge is 2.13. The van der Waals surface area contributed by atoms with Crippen molar-refractivity contribution in [2.24, 2.45) is 0 Å². The molecule has 1 amide bonds. The Bertz CT molecular complexity index is 454. The van der Waals surface area contributed by atoms with E-state index in [0.717, 1.165) is 19.6 Å². The molecule has 1 atom stereocenters. The summed E-state index contributed by atoms with van der Waals surface area (Å²) in [6.07, 6.45) is 10.7. The van der Waals surface area contributed by atoms with E-state index in [1.807, 2.05) is 0 Å². The second-order valence-electron chi connectivity index (χ2n) is 6.54. The van der Waals surface area contributed by atoms with Crippen LogP contribution in [0.3, 0.4) is 0 Å². The summed E-state index contributed by atoms with van der Waals surface area (Å²) in [7, 11) is 0. The Kier molecular flexibility index (Phi) is 10.8. The maximum Gasteiger partial charge on any atom is 0.241 e. The molecule has 1 heterocycles. The molecular formula is C18H33ClN4O. The van der Waals surface area contributed by atoms with Crippen LogP contribution in [0.25, 0.3) is 0 Å². The van der Waals surface area contributed by atoms with Gasteiger partial charge in [0.05, 0.1) is 11.2 Å². The molecule has 138 valence electrons. The van der Waals surface area contributed by atoms with Crippen LogP contribution < -0.4 is 5.32 Å². The van der Waals surface area contributed by atoms with Crippen molar-refractivity contribution in [3.05, 3.63) is 17.4 Å². The van der Waals surface area contributed by atoms with Crippen molar-refractivity contribution in [1.29, 1.82) is 0 Å². The molecule has 1 unspecified atom stereocenters. The van der Waals surface area contributed by atoms with E-state index in [0.29, 0.717) is 5.02 Å². The van der Waals surface area contributed by atoms with Crippen molar-refractivity contribution in [2.45, 2.75) is 71.9 Å². The lowest BCUT2D eigenvalue weighted by molar-refractivity contribution is -0.122. The average molecular weight is 357 g/mol. The first-order valence-corrected chi connectivity index (χ1v) is 9.62. The van der Waals surface area contributed by atoms with Gasteiger partial charge in [0.2, 0.25) is 5.91 Å². The highest BCUT2D eigenvalue weighted by Crippen LogP contribution is 2.05. The fraction of sp³-hybridized carbons (Fsp3) is 0.778. The summed E-state index contributed by atoms with van der Waals surface area (Å²) in [5.41, 5.74) is 0. The van der Waals surface area contributed by atoms with Crippen LogP contribution in [-0.4, -0.2) is 46.3 Å². The number of unbranched alkanes of at least 4 members (excludes halogenated alkanes) is 4. The molecule has 0 aromatic carbocycles. The number of hydrogen-bond donors (Lipinski definition) is 1. The first-order chi connectivity index (χ1) is 11.5. The van der Waals surface area contributed by atoms with E-state index in [-0.39, 0.29) is 18.5 Å². The predicted octanol–water partition coefficient (Wildman–Crippen LogP) is 3.72. The smallest absolute Gasteiger partial charge is 0.241 e. The van der Waals surface area contributed by atoms with Crippen LogP contribution in [0, 0.1) is 0 Å². The third-order valence-electron chi connectivity index (χ3n) is 4.00. The highest BCUT2D eigenvalue weighted by atomic mass is 35.5. The molecule has 0 aliphatic rings. The molecule has 0 fully saturated rings. The van der Waals surface area contributed by atoms with Gasteiger partial charge in [0.25, 0.3) is 0 Å². The molecule has 0 saturated carbocycles. The van der Waals surface area contributed by atoms with Crippen LogP contribution in [-0.2, 0) is 11.3 Å². The Labute approximate surface area is 151 Å². The molecule has 0 spiro atoms. The van der Waals surface area contributed by atoms with Gasteiger partial charge in [-0.25, -0.2) is 0 Å². The summed E-state index contributed by atoms with van der Waals surface area (Å²) in [5.74, 6) is -0.0238. The molecule has 0 aliphatic heterocycles. The van der Waals surface area contributed by atoms with Gasteiger partial charge in [0.1, 0.15) is 6.54 Å². The van der Waals surface area contributed by atoms with Gasteiger partial charge < -0.3 is 10.2 Å². The maximum absolute atomic E-state index is 12.1. The van der Waals surface area contributed by atoms with Gasteiger partial charge in [0.15, 0.2) is 0 Å². The maximum atomic E-state index is 12.1. The molecule has 24 heavy (non-hydrogen) atoms. The standard InChI is InChI=1S/C18H33ClN4O/c1-4-6-8-10-22(11-9-7-5-2)13-16(3)21-18(24)15-23-14-17(19)12-20-23/h12,14,16H,4-11,13,15H2,1-3H3,(H,21,24). The SMILES string of the molecule is CCCCCN(CCCCC)CC(C)NC(=O)Cn1cc(Cl)cn1. The first-order valence-electron chi connectivity index (χ1n) is 9.24. The summed E-state index contributed by atoms with van der Waals surface area (Å²) in [6, 6.07) is 0.131. The van der Waals surface area contributed by atoms with Crippen molar-refractivity contribution in [1.82, 2.24) is 20.0 Å². The molecule has 0 bridgehead atoms. The molecule has 1 rings (SSSR count). The van der Waals surface area contributed by atoms with E-state index in [4.69, 9.17) is 11.6 Å². The van der Waals surface area contributed by atoms with E-state index < -0.39 is 0 Å². The summed E-state index contributed by atoms with van der Waals surface area (Å²) in [6.45, 7) is 9.87. The number of nitrogens with one attached hydrogen (secondary N) is 1. The third-order valence-corrected chi connectivity index (χ3v) is 4.20. The summed E-state index contributed by atoms with van der Waals surface area (Å²) in [4.78, 5) is 14.6. The Morgan fingerprint density at radius 2 is 1.88 bits per heavy atom. The lowest BCUT2D eigenvalue weighted by atomic mass is 10.2. The normalized spacial score (nSPS) is 12.5. The number of nitrogens with zero attached hydrogens (tertiary/aromatic N) is 3. The number of carbonyl (C=O) groups excluding carboxylic acids is 1. The van der Waals surface area contributed by atoms with Crippen LogP contribution >= 0.6 is 11.6 Å². The monoisotopic (exact) mass is 356 g/mol. The molecule has 1 aromatic heterocycles. The lowest BCUT2D eigenvalue weighted by Gasteiger charge is -2.26. The van der Waals surface area contributed by atoms with Crippen LogP contribution in [0.4, 0.5) is 0 Å². The van der Waals surface area contributed by atoms with E-state index in [2.05, 4.69) is 36.1 Å². The Hall–Kier alpha value is -1.07. The molecule has 0 radical (unpaired) electrons. The third kappa shape index (κ3) is 9.28. The van der Waals surface area contributed by atoms with E-state index in [1.165, 1.54) is 38.5 Å². The minimum Gasteiger partial charge on any atom is -0.351 e. The number of hydrogen-bond acceptors (Lipinski definition) is 3. The van der Waals surface area contributed by atoms with E-state index >= 15 is 0 Å². The van der Waals surface area contributed by atoms with Crippen LogP contribution in [0.15, 0.2) is 12.4 Å². The summed E-state index contributed by atoms with van der Waals surface area (Å²) < 4.78 is 1.56. The second kappa shape index (κ2) is 12.3. The first kappa shape index (κ1) is 21.0. The number of halogens is 1. The van der Waals surface area contributed by atoms with Gasteiger partial charge >= 0.3 is 0 Å². The van der Waals surface area contributed by atoms with Crippen LogP contribution in [0.2, 0.25) is 5.02 Å². The zero-order chi connectivity index (χ0) is 17.8. The second-order valence-corrected chi connectivity index (χ2v) is 6.98. The van der Waals surface area contributed by atoms with Crippen molar-refractivity contribution >= 4 is 17.5 Å². The van der Waals surface area contributed by atoms with E-state index in [9.17, 15) is 4.79 Å². The van der Waals surface area contributed by atoms with Crippen molar-refractivity contribution < 1.29 is 4.79 Å². The number of amides is 1. The van der Waals surface area contributed by atoms with Gasteiger partial charge in [-0.1, -0.05) is 51.1 Å². The lowest BCUT2D eigenvalue weighted by Crippen LogP contribution is -2.43. The summed E-state index contributed by atoms with van der Waals surface area (Å²) >= 11 is 5.82.